The van der Waals surface area contributed by atoms with E-state index in [9.17, 15) is 9.59 Å². The Bertz CT molecular complexity index is 323. The first kappa shape index (κ1) is 16.3. The zero-order chi connectivity index (χ0) is 14.5. The molecular weight excluding hydrogens is 268 g/mol. The minimum Gasteiger partial charge on any atom is -0.450 e. The van der Waals surface area contributed by atoms with Crippen molar-refractivity contribution in [2.45, 2.75) is 46.5 Å². The van der Waals surface area contributed by atoms with Crippen LogP contribution in [0.25, 0.3) is 0 Å². The van der Waals surface area contributed by atoms with Crippen molar-refractivity contribution in [2.24, 2.45) is 5.41 Å². The first-order valence-corrected chi connectivity index (χ1v) is 7.63. The Balaban J connectivity index is 2.41. The van der Waals surface area contributed by atoms with Gasteiger partial charge in [-0.3, -0.25) is 4.79 Å². The quantitative estimate of drug-likeness (QED) is 0.722. The monoisotopic (exact) mass is 290 g/mol. The predicted octanol–water partition coefficient (Wildman–Crippen LogP) is 1.99. The average Bonchev–Trinajstić information content (AvgIpc) is 2.39. The zero-order valence-corrected chi connectivity index (χ0v) is 12.7. The van der Waals surface area contributed by atoms with Gasteiger partial charge in [-0.1, -0.05) is 6.92 Å². The van der Waals surface area contributed by atoms with Gasteiger partial charge in [0.25, 0.3) is 0 Å². The minimum absolute atomic E-state index is 0.390. The maximum absolute atomic E-state index is 11.8. The van der Waals surface area contributed by atoms with Gasteiger partial charge >= 0.3 is 11.9 Å². The van der Waals surface area contributed by atoms with E-state index in [-0.39, 0.29) is 0 Å². The molecule has 1 fully saturated rings. The molecule has 6 heteroatoms. The van der Waals surface area contributed by atoms with Crippen LogP contribution < -0.4 is 0 Å². The molecule has 0 spiro atoms. The molecule has 0 aromatic heterocycles. The Labute approximate surface area is 118 Å². The van der Waals surface area contributed by atoms with Gasteiger partial charge in [0.2, 0.25) is 6.29 Å². The molecule has 1 rings (SSSR count). The van der Waals surface area contributed by atoms with Crippen LogP contribution in [-0.2, 0) is 23.8 Å². The third-order valence-corrected chi connectivity index (χ3v) is 4.05. The van der Waals surface area contributed by atoms with E-state index in [1.54, 1.807) is 25.6 Å². The molecule has 0 saturated carbocycles. The fourth-order valence-electron chi connectivity index (χ4n) is 1.27. The zero-order valence-electron chi connectivity index (χ0n) is 11.9. The molecule has 0 radical (unpaired) electrons. The highest BCUT2D eigenvalue weighted by atomic mass is 32.2. The molecule has 0 N–H and O–H groups in total. The Morgan fingerprint density at radius 1 is 1.47 bits per heavy atom. The van der Waals surface area contributed by atoms with Gasteiger partial charge in [-0.15, -0.1) is 0 Å². The Hall–Kier alpha value is -0.750. The molecule has 0 aromatic rings. The average molecular weight is 290 g/mol. The lowest BCUT2D eigenvalue weighted by atomic mass is 9.91. The molecule has 0 bridgehead atoms. The van der Waals surface area contributed by atoms with Gasteiger partial charge in [-0.25, -0.2) is 4.79 Å². The molecule has 1 heterocycles. The van der Waals surface area contributed by atoms with E-state index in [1.807, 2.05) is 6.92 Å². The van der Waals surface area contributed by atoms with E-state index >= 15 is 0 Å². The summed E-state index contributed by atoms with van der Waals surface area (Å²) in [5.41, 5.74) is -0.592. The number of rotatable bonds is 5. The summed E-state index contributed by atoms with van der Waals surface area (Å²) in [7, 11) is 0. The molecule has 0 amide bonds. The number of hydrogen-bond acceptors (Lipinski definition) is 6. The van der Waals surface area contributed by atoms with Gasteiger partial charge < -0.3 is 14.2 Å². The van der Waals surface area contributed by atoms with Gasteiger partial charge in [0.05, 0.1) is 17.8 Å². The lowest BCUT2D eigenvalue weighted by molar-refractivity contribution is -0.190. The topological polar surface area (TPSA) is 61.8 Å². The number of carbonyl (C=O) groups excluding carboxylic acids is 2. The highest BCUT2D eigenvalue weighted by Gasteiger charge is 2.32. The number of thioether (sulfide) groups is 1. The number of carbonyl (C=O) groups is 2. The second-order valence-corrected chi connectivity index (χ2v) is 6.25. The second kappa shape index (κ2) is 7.14. The fraction of sp³-hybridized carbons (Fsp3) is 0.846. The van der Waals surface area contributed by atoms with Gasteiger partial charge in [0.15, 0.2) is 6.10 Å². The Kier molecular flexibility index (Phi) is 6.13. The highest BCUT2D eigenvalue weighted by molar-refractivity contribution is 7.99. The summed E-state index contributed by atoms with van der Waals surface area (Å²) in [5.74, 6) is 0.571. The van der Waals surface area contributed by atoms with Gasteiger partial charge in [0, 0.05) is 5.75 Å². The summed E-state index contributed by atoms with van der Waals surface area (Å²) >= 11 is 1.67. The standard InChI is InChI=1S/C13H22O5S/c1-5-13(3,4)12(15)17-9(2)11(14)18-10-8-19-7-6-16-10/h9-10H,5-8H2,1-4H3. The highest BCUT2D eigenvalue weighted by Crippen LogP contribution is 2.22. The third kappa shape index (κ3) is 5.03. The maximum Gasteiger partial charge on any atom is 0.349 e. The van der Waals surface area contributed by atoms with Gasteiger partial charge in [0.1, 0.15) is 0 Å². The van der Waals surface area contributed by atoms with Crippen molar-refractivity contribution in [3.8, 4) is 0 Å². The van der Waals surface area contributed by atoms with Crippen LogP contribution in [0.5, 0.6) is 0 Å². The largest absolute Gasteiger partial charge is 0.450 e. The first-order valence-electron chi connectivity index (χ1n) is 6.47. The maximum atomic E-state index is 11.8. The van der Waals surface area contributed by atoms with Crippen molar-refractivity contribution < 1.29 is 23.8 Å². The van der Waals surface area contributed by atoms with E-state index < -0.39 is 29.7 Å². The molecular formula is C13H22O5S. The SMILES string of the molecule is CCC(C)(C)C(=O)OC(C)C(=O)OC1CSCCO1. The lowest BCUT2D eigenvalue weighted by Crippen LogP contribution is -2.37. The van der Waals surface area contributed by atoms with Gasteiger partial charge in [-0.2, -0.15) is 11.8 Å². The summed E-state index contributed by atoms with van der Waals surface area (Å²) in [5, 5.41) is 0. The number of hydrogen-bond donors (Lipinski definition) is 0. The number of esters is 2. The smallest absolute Gasteiger partial charge is 0.349 e. The number of ether oxygens (including phenoxy) is 3. The van der Waals surface area contributed by atoms with Crippen molar-refractivity contribution in [2.75, 3.05) is 18.1 Å². The summed E-state index contributed by atoms with van der Waals surface area (Å²) in [6.45, 7) is 7.56. The van der Waals surface area contributed by atoms with Crippen LogP contribution in [0.3, 0.4) is 0 Å². The third-order valence-electron chi connectivity index (χ3n) is 3.09. The predicted molar refractivity (Wildman–Crippen MR) is 72.8 cm³/mol. The van der Waals surface area contributed by atoms with E-state index in [0.29, 0.717) is 18.8 Å². The molecule has 0 aliphatic carbocycles. The molecule has 0 aromatic carbocycles. The Morgan fingerprint density at radius 3 is 2.68 bits per heavy atom. The van der Waals surface area contributed by atoms with Crippen molar-refractivity contribution in [1.82, 2.24) is 0 Å². The second-order valence-electron chi connectivity index (χ2n) is 5.10. The molecule has 19 heavy (non-hydrogen) atoms. The summed E-state index contributed by atoms with van der Waals surface area (Å²) in [4.78, 5) is 23.6. The van der Waals surface area contributed by atoms with Crippen LogP contribution in [0.4, 0.5) is 0 Å². The molecule has 1 aliphatic rings. The van der Waals surface area contributed by atoms with Crippen molar-refractivity contribution >= 4 is 23.7 Å². The molecule has 2 unspecified atom stereocenters. The van der Waals surface area contributed by atoms with Crippen molar-refractivity contribution in [1.29, 1.82) is 0 Å². The summed E-state index contributed by atoms with van der Waals surface area (Å²) < 4.78 is 15.6. The van der Waals surface area contributed by atoms with Crippen LogP contribution >= 0.6 is 11.8 Å². The molecule has 1 saturated heterocycles. The summed E-state index contributed by atoms with van der Waals surface area (Å²) in [6, 6.07) is 0. The normalized spacial score (nSPS) is 21.6. The summed E-state index contributed by atoms with van der Waals surface area (Å²) in [6.07, 6.45) is -0.795. The van der Waals surface area contributed by atoms with Crippen LogP contribution in [-0.4, -0.2) is 42.4 Å². The van der Waals surface area contributed by atoms with Crippen LogP contribution in [0.15, 0.2) is 0 Å². The molecule has 1 aliphatic heterocycles. The molecule has 5 nitrogen and oxygen atoms in total. The van der Waals surface area contributed by atoms with Crippen LogP contribution in [0.1, 0.15) is 34.1 Å². The molecule has 2 atom stereocenters. The van der Waals surface area contributed by atoms with Crippen molar-refractivity contribution in [3.05, 3.63) is 0 Å². The first-order chi connectivity index (χ1) is 8.86. The molecule has 110 valence electrons. The van der Waals surface area contributed by atoms with E-state index in [2.05, 4.69) is 0 Å². The van der Waals surface area contributed by atoms with Crippen molar-refractivity contribution in [3.63, 3.8) is 0 Å². The lowest BCUT2D eigenvalue weighted by Gasteiger charge is -2.25. The van der Waals surface area contributed by atoms with Crippen LogP contribution in [0, 0.1) is 5.41 Å². The fourth-order valence-corrected chi connectivity index (χ4v) is 2.01. The minimum atomic E-state index is -0.908. The van der Waals surface area contributed by atoms with Crippen LogP contribution in [0.2, 0.25) is 0 Å². The van der Waals surface area contributed by atoms with E-state index in [0.717, 1.165) is 5.75 Å². The Morgan fingerprint density at radius 2 is 2.16 bits per heavy atom. The van der Waals surface area contributed by atoms with Gasteiger partial charge in [-0.05, 0) is 27.2 Å². The van der Waals surface area contributed by atoms with E-state index in [4.69, 9.17) is 14.2 Å². The van der Waals surface area contributed by atoms with E-state index in [1.165, 1.54) is 6.92 Å².